The van der Waals surface area contributed by atoms with Gasteiger partial charge in [-0.3, -0.25) is 0 Å². The van der Waals surface area contributed by atoms with Gasteiger partial charge in [-0.1, -0.05) is 33.8 Å². The molecular weight excluding hydrogens is 312 g/mol. The number of aliphatic hydroxyl groups is 1. The molecule has 8 atom stereocenters. The van der Waals surface area contributed by atoms with Gasteiger partial charge in [0.2, 0.25) is 0 Å². The van der Waals surface area contributed by atoms with E-state index in [0.717, 1.165) is 24.7 Å². The smallest absolute Gasteiger partial charge is 0.130 e. The summed E-state index contributed by atoms with van der Waals surface area (Å²) < 4.78 is 0. The van der Waals surface area contributed by atoms with Crippen molar-refractivity contribution in [2.45, 2.75) is 89.9 Å². The van der Waals surface area contributed by atoms with Crippen LogP contribution in [0.5, 0.6) is 0 Å². The minimum Gasteiger partial charge on any atom is -0.393 e. The lowest BCUT2D eigenvalue weighted by Gasteiger charge is -2.69. The summed E-state index contributed by atoms with van der Waals surface area (Å²) in [6.07, 6.45) is 12.2. The van der Waals surface area contributed by atoms with E-state index in [9.17, 15) is 5.11 Å². The summed E-state index contributed by atoms with van der Waals surface area (Å²) >= 11 is 0. The number of fused-ring (bicyclic) bond motifs is 2. The topological polar surface area (TPSA) is 38.7 Å². The predicted octanol–water partition coefficient (Wildman–Crippen LogP) is 4.65. The molecule has 6 aliphatic rings. The standard InChI is InChI=1S/C22H34O3/c1-14(2)16-5-6-17-19(16,3)9-8-18-20(4)10-7-15(23)13-21(20)11-12-22(17,18)25-24-21/h11-12,14-18,23H,5-10,13H2,1-4H3. The number of rotatable bonds is 1. The first-order valence-electron chi connectivity index (χ1n) is 10.5. The molecule has 2 bridgehead atoms. The third kappa shape index (κ3) is 1.79. The van der Waals surface area contributed by atoms with Gasteiger partial charge in [0.05, 0.1) is 6.10 Å². The van der Waals surface area contributed by atoms with Gasteiger partial charge in [0.25, 0.3) is 0 Å². The molecular formula is C22H34O3. The predicted molar refractivity (Wildman–Crippen MR) is 96.6 cm³/mol. The molecule has 8 unspecified atom stereocenters. The Kier molecular flexibility index (Phi) is 3.29. The van der Waals surface area contributed by atoms with Gasteiger partial charge in [-0.25, -0.2) is 9.78 Å². The zero-order chi connectivity index (χ0) is 17.7. The van der Waals surface area contributed by atoms with Crippen molar-refractivity contribution in [1.29, 1.82) is 0 Å². The molecule has 0 aromatic carbocycles. The highest BCUT2D eigenvalue weighted by molar-refractivity contribution is 5.33. The van der Waals surface area contributed by atoms with Crippen molar-refractivity contribution < 1.29 is 14.9 Å². The van der Waals surface area contributed by atoms with Gasteiger partial charge in [0.1, 0.15) is 11.2 Å². The largest absolute Gasteiger partial charge is 0.393 e. The highest BCUT2D eigenvalue weighted by Gasteiger charge is 2.74. The maximum Gasteiger partial charge on any atom is 0.130 e. The molecule has 3 saturated carbocycles. The van der Waals surface area contributed by atoms with Crippen LogP contribution in [0.3, 0.4) is 0 Å². The second-order valence-electron chi connectivity index (χ2n) is 10.6. The van der Waals surface area contributed by atoms with Gasteiger partial charge in [-0.15, -0.1) is 0 Å². The van der Waals surface area contributed by atoms with Crippen LogP contribution in [0.1, 0.15) is 72.6 Å². The van der Waals surface area contributed by atoms with E-state index in [1.165, 1.54) is 25.7 Å². The van der Waals surface area contributed by atoms with Crippen LogP contribution < -0.4 is 0 Å². The Morgan fingerprint density at radius 1 is 0.960 bits per heavy atom. The summed E-state index contributed by atoms with van der Waals surface area (Å²) in [5.74, 6) is 2.61. The van der Waals surface area contributed by atoms with Gasteiger partial charge < -0.3 is 5.11 Å². The molecule has 4 aliphatic carbocycles. The van der Waals surface area contributed by atoms with Crippen molar-refractivity contribution in [2.24, 2.45) is 34.5 Å². The Hall–Kier alpha value is -0.380. The molecule has 1 N–H and O–H groups in total. The second-order valence-corrected chi connectivity index (χ2v) is 10.6. The Labute approximate surface area is 152 Å². The minimum absolute atomic E-state index is 0.0937. The Morgan fingerprint density at radius 3 is 2.44 bits per heavy atom. The highest BCUT2D eigenvalue weighted by Crippen LogP contribution is 2.72. The Balaban J connectivity index is 1.60. The summed E-state index contributed by atoms with van der Waals surface area (Å²) in [6.45, 7) is 9.74. The number of hydrogen-bond acceptors (Lipinski definition) is 3. The van der Waals surface area contributed by atoms with Crippen LogP contribution in [0.2, 0.25) is 0 Å². The van der Waals surface area contributed by atoms with Crippen LogP contribution in [0, 0.1) is 34.5 Å². The molecule has 0 amide bonds. The number of hydrogen-bond donors (Lipinski definition) is 1. The maximum absolute atomic E-state index is 10.3. The monoisotopic (exact) mass is 346 g/mol. The van der Waals surface area contributed by atoms with Crippen LogP contribution in [-0.2, 0) is 9.78 Å². The Bertz CT molecular complexity index is 614. The van der Waals surface area contributed by atoms with E-state index < -0.39 is 5.60 Å². The SMILES string of the molecule is CC(C)C1CCC2C1(C)CCC1C23C=CC2(CC(O)CCC12C)OO3. The first kappa shape index (κ1) is 16.8. The molecule has 0 aromatic heterocycles. The van der Waals surface area contributed by atoms with E-state index in [0.29, 0.717) is 23.7 Å². The van der Waals surface area contributed by atoms with Gasteiger partial charge in [-0.05, 0) is 61.9 Å². The molecule has 2 spiro atoms. The quantitative estimate of drug-likeness (QED) is 0.555. The summed E-state index contributed by atoms with van der Waals surface area (Å²) in [7, 11) is 0. The molecule has 2 aliphatic heterocycles. The molecule has 25 heavy (non-hydrogen) atoms. The molecule has 3 heteroatoms. The highest BCUT2D eigenvalue weighted by atomic mass is 17.2. The molecule has 0 radical (unpaired) electrons. The van der Waals surface area contributed by atoms with Gasteiger partial charge in [0, 0.05) is 23.7 Å². The van der Waals surface area contributed by atoms with E-state index in [2.05, 4.69) is 39.8 Å². The average Bonchev–Trinajstić information content (AvgIpc) is 2.93. The first-order chi connectivity index (χ1) is 11.8. The van der Waals surface area contributed by atoms with Crippen molar-refractivity contribution >= 4 is 0 Å². The lowest BCUT2D eigenvalue weighted by molar-refractivity contribution is -0.497. The van der Waals surface area contributed by atoms with Crippen molar-refractivity contribution in [3.8, 4) is 0 Å². The zero-order valence-electron chi connectivity index (χ0n) is 16.3. The second kappa shape index (κ2) is 4.91. The van der Waals surface area contributed by atoms with Crippen molar-refractivity contribution in [3.05, 3.63) is 12.2 Å². The average molecular weight is 347 g/mol. The lowest BCUT2D eigenvalue weighted by Crippen LogP contribution is -2.73. The summed E-state index contributed by atoms with van der Waals surface area (Å²) in [5, 5.41) is 10.3. The Morgan fingerprint density at radius 2 is 1.76 bits per heavy atom. The molecule has 6 rings (SSSR count). The van der Waals surface area contributed by atoms with E-state index in [-0.39, 0.29) is 17.1 Å². The molecule has 4 fully saturated rings. The summed E-state index contributed by atoms with van der Waals surface area (Å²) in [6, 6.07) is 0. The fraction of sp³-hybridized carbons (Fsp3) is 0.909. The minimum atomic E-state index is -0.416. The van der Waals surface area contributed by atoms with E-state index in [1.807, 2.05) is 0 Å². The lowest BCUT2D eigenvalue weighted by atomic mass is 9.43. The fourth-order valence-corrected chi connectivity index (χ4v) is 8.24. The first-order valence-corrected chi connectivity index (χ1v) is 10.5. The van der Waals surface area contributed by atoms with Crippen LogP contribution in [0.25, 0.3) is 0 Å². The van der Waals surface area contributed by atoms with Crippen molar-refractivity contribution in [3.63, 3.8) is 0 Å². The molecule has 2 heterocycles. The van der Waals surface area contributed by atoms with Crippen LogP contribution in [0.4, 0.5) is 0 Å². The summed E-state index contributed by atoms with van der Waals surface area (Å²) in [5.41, 5.74) is -0.201. The maximum atomic E-state index is 10.3. The normalized spacial score (nSPS) is 59.6. The van der Waals surface area contributed by atoms with Gasteiger partial charge >= 0.3 is 0 Å². The molecule has 3 nitrogen and oxygen atoms in total. The van der Waals surface area contributed by atoms with E-state index in [1.54, 1.807) is 0 Å². The molecule has 0 aromatic rings. The fourth-order valence-electron chi connectivity index (χ4n) is 8.24. The van der Waals surface area contributed by atoms with Gasteiger partial charge in [0.15, 0.2) is 0 Å². The van der Waals surface area contributed by atoms with Crippen LogP contribution in [0.15, 0.2) is 12.2 Å². The third-order valence-electron chi connectivity index (χ3n) is 9.49. The van der Waals surface area contributed by atoms with E-state index >= 15 is 0 Å². The van der Waals surface area contributed by atoms with Crippen LogP contribution >= 0.6 is 0 Å². The van der Waals surface area contributed by atoms with Gasteiger partial charge in [-0.2, -0.15) is 0 Å². The third-order valence-corrected chi connectivity index (χ3v) is 9.49. The van der Waals surface area contributed by atoms with Crippen molar-refractivity contribution in [2.75, 3.05) is 0 Å². The zero-order valence-corrected chi connectivity index (χ0v) is 16.3. The van der Waals surface area contributed by atoms with E-state index in [4.69, 9.17) is 9.78 Å². The summed E-state index contributed by atoms with van der Waals surface area (Å²) in [4.78, 5) is 12.6. The van der Waals surface area contributed by atoms with Crippen LogP contribution in [-0.4, -0.2) is 22.4 Å². The molecule has 140 valence electrons. The molecule has 1 saturated heterocycles. The van der Waals surface area contributed by atoms with Crippen molar-refractivity contribution in [1.82, 2.24) is 0 Å². The number of aliphatic hydroxyl groups excluding tert-OH is 1.